The molecule has 29 heavy (non-hydrogen) atoms. The van der Waals surface area contributed by atoms with Crippen molar-refractivity contribution in [1.82, 2.24) is 5.32 Å². The van der Waals surface area contributed by atoms with E-state index in [0.717, 1.165) is 16.2 Å². The number of amides is 2. The molecule has 2 aromatic rings. The molecule has 2 aromatic carbocycles. The minimum atomic E-state index is -0.690. The van der Waals surface area contributed by atoms with Gasteiger partial charge >= 0.3 is 11.8 Å². The number of carbonyl (C=O) groups excluding carboxylic acids is 2. The smallest absolute Gasteiger partial charge is 0.313 e. The molecule has 1 atom stereocenters. The summed E-state index contributed by atoms with van der Waals surface area (Å²) >= 11 is 0. The third-order valence-electron chi connectivity index (χ3n) is 4.60. The third-order valence-corrected chi connectivity index (χ3v) is 4.60. The maximum Gasteiger partial charge on any atom is 0.313 e. The van der Waals surface area contributed by atoms with Gasteiger partial charge in [-0.3, -0.25) is 9.59 Å². The molecule has 0 radical (unpaired) electrons. The van der Waals surface area contributed by atoms with E-state index in [1.54, 1.807) is 24.3 Å². The molecule has 0 aromatic heterocycles. The van der Waals surface area contributed by atoms with Crippen LogP contribution in [0, 0.1) is 0 Å². The number of nitrogens with zero attached hydrogens (tertiary/aromatic N) is 1. The van der Waals surface area contributed by atoms with Gasteiger partial charge in [0.05, 0.1) is 27.2 Å². The van der Waals surface area contributed by atoms with Gasteiger partial charge in [0.25, 0.3) is 0 Å². The Morgan fingerprint density at radius 3 is 2.14 bits per heavy atom. The van der Waals surface area contributed by atoms with Crippen molar-refractivity contribution in [3.8, 4) is 5.75 Å². The van der Waals surface area contributed by atoms with Gasteiger partial charge in [-0.15, -0.1) is 0 Å². The fourth-order valence-electron chi connectivity index (χ4n) is 2.92. The molecule has 0 fully saturated rings. The second-order valence-corrected chi connectivity index (χ2v) is 7.24. The van der Waals surface area contributed by atoms with Crippen molar-refractivity contribution in [2.75, 3.05) is 51.6 Å². The van der Waals surface area contributed by atoms with Gasteiger partial charge < -0.3 is 25.2 Å². The van der Waals surface area contributed by atoms with Crippen LogP contribution in [0.15, 0.2) is 48.5 Å². The monoisotopic (exact) mass is 399 g/mol. The number of likely N-dealkylation sites (N-methyl/N-ethyl adjacent to an activating group) is 1. The van der Waals surface area contributed by atoms with E-state index in [2.05, 4.69) is 22.8 Å². The maximum atomic E-state index is 12.3. The molecule has 156 valence electrons. The topological polar surface area (TPSA) is 75.1 Å². The third kappa shape index (κ3) is 6.50. The molecule has 0 spiro atoms. The van der Waals surface area contributed by atoms with E-state index in [1.165, 1.54) is 0 Å². The summed E-state index contributed by atoms with van der Waals surface area (Å²) in [5.74, 6) is -0.633. The number of anilines is 2. The van der Waals surface area contributed by atoms with Crippen LogP contribution >= 0.6 is 0 Å². The SMILES string of the molecule is CCOc1ccc(NC(=O)C(=O)NC[C@@H](c2ccc(N(C)C)cc2)[NH+](C)C)cc1. The van der Waals surface area contributed by atoms with Crippen LogP contribution in [-0.4, -0.2) is 53.2 Å². The zero-order valence-electron chi connectivity index (χ0n) is 17.8. The Balaban J connectivity index is 1.94. The first-order chi connectivity index (χ1) is 13.8. The summed E-state index contributed by atoms with van der Waals surface area (Å²) in [7, 11) is 8.03. The number of benzene rings is 2. The minimum Gasteiger partial charge on any atom is -0.494 e. The van der Waals surface area contributed by atoms with Crippen LogP contribution in [0.2, 0.25) is 0 Å². The number of quaternary nitrogens is 1. The molecular formula is C22H31N4O3+. The number of rotatable bonds is 8. The van der Waals surface area contributed by atoms with Gasteiger partial charge in [-0.2, -0.15) is 0 Å². The summed E-state index contributed by atoms with van der Waals surface area (Å²) in [6.07, 6.45) is 0. The molecule has 7 heteroatoms. The summed E-state index contributed by atoms with van der Waals surface area (Å²) in [4.78, 5) is 27.6. The molecule has 7 nitrogen and oxygen atoms in total. The average Bonchev–Trinajstić information content (AvgIpc) is 2.69. The highest BCUT2D eigenvalue weighted by atomic mass is 16.5. The van der Waals surface area contributed by atoms with Crippen molar-refractivity contribution in [3.63, 3.8) is 0 Å². The highest BCUT2D eigenvalue weighted by Crippen LogP contribution is 2.17. The van der Waals surface area contributed by atoms with Gasteiger partial charge in [0.1, 0.15) is 11.8 Å². The van der Waals surface area contributed by atoms with Gasteiger partial charge in [-0.05, 0) is 43.3 Å². The van der Waals surface area contributed by atoms with Crippen LogP contribution in [0.5, 0.6) is 5.75 Å². The molecule has 0 aliphatic carbocycles. The molecule has 0 bridgehead atoms. The standard InChI is InChI=1S/C22H30N4O3/c1-6-29-19-13-9-17(10-14-19)24-22(28)21(27)23-15-20(26(4)5)16-7-11-18(12-8-16)25(2)3/h7-14,20H,6,15H2,1-5H3,(H,23,27)(H,24,28)/p+1/t20-/m0/s1. The number of hydrogen-bond acceptors (Lipinski definition) is 4. The number of nitrogens with one attached hydrogen (secondary N) is 3. The number of hydrogen-bond donors (Lipinski definition) is 3. The van der Waals surface area contributed by atoms with Gasteiger partial charge in [-0.1, -0.05) is 12.1 Å². The predicted molar refractivity (Wildman–Crippen MR) is 116 cm³/mol. The van der Waals surface area contributed by atoms with E-state index in [-0.39, 0.29) is 6.04 Å². The first-order valence-electron chi connectivity index (χ1n) is 9.71. The van der Waals surface area contributed by atoms with Gasteiger partial charge in [0, 0.05) is 31.0 Å². The molecule has 0 unspecified atom stereocenters. The second kappa shape index (κ2) is 10.5. The van der Waals surface area contributed by atoms with E-state index < -0.39 is 11.8 Å². The maximum absolute atomic E-state index is 12.3. The Bertz CT molecular complexity index is 802. The predicted octanol–water partition coefficient (Wildman–Crippen LogP) is 1.09. The van der Waals surface area contributed by atoms with Crippen molar-refractivity contribution >= 4 is 23.2 Å². The highest BCUT2D eigenvalue weighted by molar-refractivity contribution is 6.39. The molecule has 2 rings (SSSR count). The molecule has 0 saturated carbocycles. The lowest BCUT2D eigenvalue weighted by Crippen LogP contribution is -3.07. The normalized spacial score (nSPS) is 11.7. The van der Waals surface area contributed by atoms with Gasteiger partial charge in [0.15, 0.2) is 0 Å². The Labute approximate surface area is 172 Å². The molecule has 3 N–H and O–H groups in total. The molecule has 2 amide bonds. The zero-order chi connectivity index (χ0) is 21.4. The fourth-order valence-corrected chi connectivity index (χ4v) is 2.92. The van der Waals surface area contributed by atoms with E-state index in [0.29, 0.717) is 24.6 Å². The quantitative estimate of drug-likeness (QED) is 0.581. The Morgan fingerprint density at radius 1 is 1.00 bits per heavy atom. The van der Waals surface area contributed by atoms with Crippen LogP contribution in [0.4, 0.5) is 11.4 Å². The van der Waals surface area contributed by atoms with Crippen molar-refractivity contribution in [3.05, 3.63) is 54.1 Å². The Kier molecular flexibility index (Phi) is 8.03. The average molecular weight is 400 g/mol. The largest absolute Gasteiger partial charge is 0.494 e. The Hall–Kier alpha value is -3.06. The van der Waals surface area contributed by atoms with Crippen molar-refractivity contribution in [2.24, 2.45) is 0 Å². The first kappa shape index (κ1) is 22.2. The fraction of sp³-hybridized carbons (Fsp3) is 0.364. The van der Waals surface area contributed by atoms with Crippen molar-refractivity contribution in [1.29, 1.82) is 0 Å². The summed E-state index contributed by atoms with van der Waals surface area (Å²) in [6, 6.07) is 15.1. The van der Waals surface area contributed by atoms with Crippen LogP contribution in [0.1, 0.15) is 18.5 Å². The van der Waals surface area contributed by atoms with Gasteiger partial charge in [-0.25, -0.2) is 0 Å². The molecular weight excluding hydrogens is 368 g/mol. The minimum absolute atomic E-state index is 0.0356. The lowest BCUT2D eigenvalue weighted by molar-refractivity contribution is -0.890. The van der Waals surface area contributed by atoms with E-state index in [4.69, 9.17) is 4.74 Å². The lowest BCUT2D eigenvalue weighted by Gasteiger charge is -2.23. The van der Waals surface area contributed by atoms with Gasteiger partial charge in [0.2, 0.25) is 0 Å². The van der Waals surface area contributed by atoms with E-state index in [1.807, 2.05) is 52.1 Å². The number of ether oxygens (including phenoxy) is 1. The van der Waals surface area contributed by atoms with Crippen LogP contribution in [0.25, 0.3) is 0 Å². The van der Waals surface area contributed by atoms with Crippen LogP contribution < -0.4 is 25.2 Å². The van der Waals surface area contributed by atoms with E-state index >= 15 is 0 Å². The van der Waals surface area contributed by atoms with Crippen molar-refractivity contribution in [2.45, 2.75) is 13.0 Å². The second-order valence-electron chi connectivity index (χ2n) is 7.24. The summed E-state index contributed by atoms with van der Waals surface area (Å²) in [6.45, 7) is 2.83. The van der Waals surface area contributed by atoms with Crippen LogP contribution in [0.3, 0.4) is 0 Å². The zero-order valence-corrected chi connectivity index (χ0v) is 17.8. The Morgan fingerprint density at radius 2 is 1.62 bits per heavy atom. The summed E-state index contributed by atoms with van der Waals surface area (Å²) in [5.41, 5.74) is 2.76. The van der Waals surface area contributed by atoms with E-state index in [9.17, 15) is 9.59 Å². The molecule has 0 aliphatic heterocycles. The molecule has 0 aliphatic rings. The lowest BCUT2D eigenvalue weighted by atomic mass is 10.1. The summed E-state index contributed by atoms with van der Waals surface area (Å²) in [5, 5.41) is 5.35. The molecule has 0 heterocycles. The molecule has 0 saturated heterocycles. The van der Waals surface area contributed by atoms with Crippen LogP contribution in [-0.2, 0) is 9.59 Å². The summed E-state index contributed by atoms with van der Waals surface area (Å²) < 4.78 is 5.37. The highest BCUT2D eigenvalue weighted by Gasteiger charge is 2.21. The van der Waals surface area contributed by atoms with Crippen molar-refractivity contribution < 1.29 is 19.2 Å². The first-order valence-corrected chi connectivity index (χ1v) is 9.71. The number of carbonyl (C=O) groups is 2.